The lowest BCUT2D eigenvalue weighted by Gasteiger charge is -2.29. The molecule has 6 nitrogen and oxygen atoms in total. The van der Waals surface area contributed by atoms with Crippen molar-refractivity contribution in [2.24, 2.45) is 11.8 Å². The van der Waals surface area contributed by atoms with Crippen LogP contribution in [0.1, 0.15) is 38.5 Å². The SMILES string of the molecule is CN(CC(=O)NC1CC1)C(=O)C1CCCC(C(=O)O)C1. The van der Waals surface area contributed by atoms with Crippen LogP contribution >= 0.6 is 0 Å². The summed E-state index contributed by atoms with van der Waals surface area (Å²) in [4.78, 5) is 36.4. The van der Waals surface area contributed by atoms with E-state index in [1.165, 1.54) is 4.90 Å². The zero-order valence-electron chi connectivity index (χ0n) is 11.8. The number of rotatable bonds is 5. The fraction of sp³-hybridized carbons (Fsp3) is 0.786. The highest BCUT2D eigenvalue weighted by molar-refractivity contribution is 5.86. The van der Waals surface area contributed by atoms with E-state index < -0.39 is 11.9 Å². The predicted octanol–water partition coefficient (Wildman–Crippen LogP) is 0.614. The first-order valence-electron chi connectivity index (χ1n) is 7.24. The van der Waals surface area contributed by atoms with Crippen LogP contribution in [-0.2, 0) is 14.4 Å². The van der Waals surface area contributed by atoms with Gasteiger partial charge in [-0.25, -0.2) is 0 Å². The number of nitrogens with zero attached hydrogens (tertiary/aromatic N) is 1. The number of amides is 2. The molecule has 0 aliphatic heterocycles. The maximum Gasteiger partial charge on any atom is 0.306 e. The van der Waals surface area contributed by atoms with Crippen LogP contribution in [0.3, 0.4) is 0 Å². The van der Waals surface area contributed by atoms with Crippen molar-refractivity contribution >= 4 is 17.8 Å². The second-order valence-corrected chi connectivity index (χ2v) is 5.93. The molecule has 0 radical (unpaired) electrons. The predicted molar refractivity (Wildman–Crippen MR) is 71.9 cm³/mol. The number of hydrogen-bond donors (Lipinski definition) is 2. The zero-order valence-corrected chi connectivity index (χ0v) is 11.8. The van der Waals surface area contributed by atoms with Crippen LogP contribution in [0.4, 0.5) is 0 Å². The molecule has 2 aliphatic rings. The van der Waals surface area contributed by atoms with Crippen LogP contribution < -0.4 is 5.32 Å². The smallest absolute Gasteiger partial charge is 0.306 e. The Balaban J connectivity index is 1.82. The molecule has 2 aliphatic carbocycles. The first-order chi connectivity index (χ1) is 9.47. The number of aliphatic carboxylic acids is 1. The molecule has 0 bridgehead atoms. The first-order valence-corrected chi connectivity index (χ1v) is 7.24. The van der Waals surface area contributed by atoms with E-state index in [2.05, 4.69) is 5.32 Å². The van der Waals surface area contributed by atoms with E-state index in [0.29, 0.717) is 12.8 Å². The lowest BCUT2D eigenvalue weighted by molar-refractivity contribution is -0.146. The summed E-state index contributed by atoms with van der Waals surface area (Å²) in [6.45, 7) is 0.0591. The molecular weight excluding hydrogens is 260 g/mol. The quantitative estimate of drug-likeness (QED) is 0.773. The number of hydrogen-bond acceptors (Lipinski definition) is 3. The third kappa shape index (κ3) is 3.95. The molecule has 2 fully saturated rings. The van der Waals surface area contributed by atoms with Crippen molar-refractivity contribution in [3.05, 3.63) is 0 Å². The van der Waals surface area contributed by atoms with Crippen LogP contribution in [0.15, 0.2) is 0 Å². The summed E-state index contributed by atoms with van der Waals surface area (Å²) >= 11 is 0. The first kappa shape index (κ1) is 14.8. The van der Waals surface area contributed by atoms with Crippen LogP contribution in [0.2, 0.25) is 0 Å². The average Bonchev–Trinajstić information content (AvgIpc) is 3.21. The molecule has 0 heterocycles. The monoisotopic (exact) mass is 282 g/mol. The number of carbonyl (C=O) groups excluding carboxylic acids is 2. The van der Waals surface area contributed by atoms with Crippen molar-refractivity contribution < 1.29 is 19.5 Å². The van der Waals surface area contributed by atoms with Gasteiger partial charge in [0.15, 0.2) is 0 Å². The van der Waals surface area contributed by atoms with Crippen LogP contribution in [-0.4, -0.2) is 47.4 Å². The zero-order chi connectivity index (χ0) is 14.7. The minimum atomic E-state index is -0.823. The van der Waals surface area contributed by atoms with Crippen LogP contribution in [0, 0.1) is 11.8 Å². The fourth-order valence-corrected chi connectivity index (χ4v) is 2.74. The van der Waals surface area contributed by atoms with Crippen LogP contribution in [0.25, 0.3) is 0 Å². The topological polar surface area (TPSA) is 86.7 Å². The summed E-state index contributed by atoms with van der Waals surface area (Å²) in [6, 6.07) is 0.289. The van der Waals surface area contributed by atoms with E-state index in [9.17, 15) is 14.4 Å². The Morgan fingerprint density at radius 3 is 2.40 bits per heavy atom. The van der Waals surface area contributed by atoms with Gasteiger partial charge in [0.1, 0.15) is 0 Å². The second-order valence-electron chi connectivity index (χ2n) is 5.93. The highest BCUT2D eigenvalue weighted by Crippen LogP contribution is 2.30. The van der Waals surface area contributed by atoms with E-state index in [1.54, 1.807) is 7.05 Å². The van der Waals surface area contributed by atoms with Gasteiger partial charge >= 0.3 is 5.97 Å². The highest BCUT2D eigenvalue weighted by atomic mass is 16.4. The molecule has 0 aromatic rings. The Morgan fingerprint density at radius 2 is 1.80 bits per heavy atom. The van der Waals surface area contributed by atoms with Gasteiger partial charge in [-0.1, -0.05) is 6.42 Å². The summed E-state index contributed by atoms with van der Waals surface area (Å²) in [5, 5.41) is 11.9. The Kier molecular flexibility index (Phi) is 4.62. The van der Waals surface area contributed by atoms with Gasteiger partial charge in [0.25, 0.3) is 0 Å². The minimum absolute atomic E-state index is 0.0591. The van der Waals surface area contributed by atoms with Crippen molar-refractivity contribution in [2.75, 3.05) is 13.6 Å². The molecule has 2 amide bonds. The van der Waals surface area contributed by atoms with Gasteiger partial charge in [-0.15, -0.1) is 0 Å². The number of likely N-dealkylation sites (N-methyl/N-ethyl adjacent to an activating group) is 1. The van der Waals surface area contributed by atoms with Crippen LogP contribution in [0.5, 0.6) is 0 Å². The van der Waals surface area contributed by atoms with Crippen molar-refractivity contribution in [2.45, 2.75) is 44.6 Å². The average molecular weight is 282 g/mol. The van der Waals surface area contributed by atoms with Crippen molar-refractivity contribution in [1.29, 1.82) is 0 Å². The standard InChI is InChI=1S/C14H22N2O4/c1-16(8-12(17)15-11-5-6-11)13(18)9-3-2-4-10(7-9)14(19)20/h9-11H,2-8H2,1H3,(H,15,17)(H,19,20). The van der Waals surface area contributed by atoms with E-state index in [-0.39, 0.29) is 30.3 Å². The Bertz CT molecular complexity index is 406. The Morgan fingerprint density at radius 1 is 1.15 bits per heavy atom. The highest BCUT2D eigenvalue weighted by Gasteiger charge is 2.33. The molecule has 2 unspecified atom stereocenters. The largest absolute Gasteiger partial charge is 0.481 e. The van der Waals surface area contributed by atoms with Gasteiger partial charge in [0.2, 0.25) is 11.8 Å². The molecule has 0 aromatic carbocycles. The number of carboxylic acids is 1. The molecule has 2 atom stereocenters. The Labute approximate surface area is 118 Å². The molecule has 0 aromatic heterocycles. The molecular formula is C14H22N2O4. The molecule has 2 rings (SSSR count). The summed E-state index contributed by atoms with van der Waals surface area (Å²) in [6.07, 6.45) is 4.55. The van der Waals surface area contributed by atoms with Gasteiger partial charge in [0.05, 0.1) is 12.5 Å². The number of carboxylic acid groups (broad SMARTS) is 1. The second kappa shape index (κ2) is 6.24. The van der Waals surface area contributed by atoms with Gasteiger partial charge in [0, 0.05) is 19.0 Å². The molecule has 20 heavy (non-hydrogen) atoms. The third-order valence-electron chi connectivity index (χ3n) is 4.07. The van der Waals surface area contributed by atoms with E-state index >= 15 is 0 Å². The van der Waals surface area contributed by atoms with E-state index in [1.807, 2.05) is 0 Å². The maximum atomic E-state index is 12.3. The minimum Gasteiger partial charge on any atom is -0.481 e. The maximum absolute atomic E-state index is 12.3. The normalized spacial score (nSPS) is 25.9. The van der Waals surface area contributed by atoms with E-state index in [4.69, 9.17) is 5.11 Å². The summed E-state index contributed by atoms with van der Waals surface area (Å²) in [5.41, 5.74) is 0. The molecule has 112 valence electrons. The number of nitrogens with one attached hydrogen (secondary N) is 1. The van der Waals surface area contributed by atoms with Gasteiger partial charge in [-0.05, 0) is 32.1 Å². The summed E-state index contributed by atoms with van der Waals surface area (Å²) in [5.74, 6) is -1.75. The van der Waals surface area contributed by atoms with Gasteiger partial charge in [-0.3, -0.25) is 14.4 Å². The van der Waals surface area contributed by atoms with E-state index in [0.717, 1.165) is 25.7 Å². The van der Waals surface area contributed by atoms with Crippen molar-refractivity contribution in [3.8, 4) is 0 Å². The molecule has 0 saturated heterocycles. The lowest BCUT2D eigenvalue weighted by Crippen LogP contribution is -2.42. The summed E-state index contributed by atoms with van der Waals surface area (Å²) < 4.78 is 0. The third-order valence-corrected chi connectivity index (χ3v) is 4.07. The molecule has 0 spiro atoms. The number of carbonyl (C=O) groups is 3. The van der Waals surface area contributed by atoms with Crippen molar-refractivity contribution in [1.82, 2.24) is 10.2 Å². The molecule has 6 heteroatoms. The van der Waals surface area contributed by atoms with Gasteiger partial charge in [-0.2, -0.15) is 0 Å². The molecule has 2 N–H and O–H groups in total. The fourth-order valence-electron chi connectivity index (χ4n) is 2.74. The van der Waals surface area contributed by atoms with Gasteiger partial charge < -0.3 is 15.3 Å². The lowest BCUT2D eigenvalue weighted by atomic mass is 9.81. The Hall–Kier alpha value is -1.59. The van der Waals surface area contributed by atoms with Crippen molar-refractivity contribution in [3.63, 3.8) is 0 Å². The molecule has 2 saturated carbocycles. The summed E-state index contributed by atoms with van der Waals surface area (Å²) in [7, 11) is 1.61.